The Morgan fingerprint density at radius 2 is 2.20 bits per heavy atom. The van der Waals surface area contributed by atoms with Gasteiger partial charge >= 0.3 is 12.1 Å². The van der Waals surface area contributed by atoms with Crippen LogP contribution in [0.15, 0.2) is 43.0 Å². The second-order valence-corrected chi connectivity index (χ2v) is 5.88. The van der Waals surface area contributed by atoms with Crippen molar-refractivity contribution in [3.8, 4) is 11.8 Å². The summed E-state index contributed by atoms with van der Waals surface area (Å²) in [7, 11) is 0. The average molecular weight is 341 g/mol. The van der Waals surface area contributed by atoms with Gasteiger partial charge in [-0.1, -0.05) is 55.9 Å². The van der Waals surface area contributed by atoms with Gasteiger partial charge in [-0.05, 0) is 18.6 Å². The maximum atomic E-state index is 12.4. The third kappa shape index (κ3) is 4.87. The fourth-order valence-corrected chi connectivity index (χ4v) is 2.45. The molecule has 5 nitrogen and oxygen atoms in total. The number of cyclic esters (lactones) is 1. The SMILES string of the molecule is C=C[C@]1([C@H](C#CCCCCC)OC(=O)c2ccccc2)COC(=O)N1. The molecule has 2 rings (SSSR count). The maximum absolute atomic E-state index is 12.4. The summed E-state index contributed by atoms with van der Waals surface area (Å²) in [4.78, 5) is 23.9. The van der Waals surface area contributed by atoms with Gasteiger partial charge in [0.25, 0.3) is 0 Å². The lowest BCUT2D eigenvalue weighted by molar-refractivity contribution is 0.0265. The molecule has 1 aromatic rings. The minimum absolute atomic E-state index is 0.0196. The number of hydrogen-bond donors (Lipinski definition) is 1. The van der Waals surface area contributed by atoms with Crippen molar-refractivity contribution in [2.45, 2.75) is 44.2 Å². The Labute approximate surface area is 148 Å². The first-order valence-corrected chi connectivity index (χ1v) is 8.44. The number of rotatable bonds is 7. The van der Waals surface area contributed by atoms with E-state index in [0.717, 1.165) is 19.3 Å². The first-order valence-electron chi connectivity index (χ1n) is 8.44. The summed E-state index contributed by atoms with van der Waals surface area (Å²) in [6.45, 7) is 5.89. The number of hydrogen-bond acceptors (Lipinski definition) is 4. The molecule has 0 aromatic heterocycles. The van der Waals surface area contributed by atoms with Gasteiger partial charge in [0, 0.05) is 6.42 Å². The van der Waals surface area contributed by atoms with Crippen molar-refractivity contribution in [2.24, 2.45) is 0 Å². The molecule has 2 atom stereocenters. The molecule has 25 heavy (non-hydrogen) atoms. The first-order chi connectivity index (χ1) is 12.1. The van der Waals surface area contributed by atoms with E-state index < -0.39 is 23.7 Å². The lowest BCUT2D eigenvalue weighted by Crippen LogP contribution is -2.53. The van der Waals surface area contributed by atoms with Crippen LogP contribution in [0, 0.1) is 11.8 Å². The molecule has 132 valence electrons. The van der Waals surface area contributed by atoms with Crippen LogP contribution in [0.1, 0.15) is 43.0 Å². The molecule has 0 saturated carbocycles. The molecule has 0 radical (unpaired) electrons. The van der Waals surface area contributed by atoms with Crippen LogP contribution >= 0.6 is 0 Å². The largest absolute Gasteiger partial charge is 0.446 e. The molecule has 1 aliphatic rings. The standard InChI is InChI=1S/C20H23NO4/c1-3-5-6-7-11-14-17(20(4-2)15-24-19(23)21-20)25-18(22)16-12-9-8-10-13-16/h4,8-10,12-13,17H,2-3,5-7,15H2,1H3,(H,21,23)/t17-,20+/m0/s1. The zero-order chi connectivity index (χ0) is 18.1. The van der Waals surface area contributed by atoms with Gasteiger partial charge in [-0.25, -0.2) is 9.59 Å². The van der Waals surface area contributed by atoms with Crippen LogP contribution in [0.2, 0.25) is 0 Å². The number of carbonyl (C=O) groups is 2. The van der Waals surface area contributed by atoms with Gasteiger partial charge in [0.15, 0.2) is 6.10 Å². The summed E-state index contributed by atoms with van der Waals surface area (Å²) < 4.78 is 10.6. The van der Waals surface area contributed by atoms with Gasteiger partial charge in [0.05, 0.1) is 5.56 Å². The first kappa shape index (κ1) is 18.6. The zero-order valence-electron chi connectivity index (χ0n) is 14.4. The minimum atomic E-state index is -1.04. The summed E-state index contributed by atoms with van der Waals surface area (Å²) in [6, 6.07) is 8.66. The van der Waals surface area contributed by atoms with Crippen LogP contribution in [0.25, 0.3) is 0 Å². The van der Waals surface area contributed by atoms with Crippen molar-refractivity contribution in [1.29, 1.82) is 0 Å². The smallest absolute Gasteiger partial charge is 0.408 e. The van der Waals surface area contributed by atoms with E-state index in [2.05, 4.69) is 30.7 Å². The molecule has 1 amide bonds. The summed E-state index contributed by atoms with van der Waals surface area (Å²) >= 11 is 0. The van der Waals surface area contributed by atoms with Crippen molar-refractivity contribution < 1.29 is 19.1 Å². The Hall–Kier alpha value is -2.74. The van der Waals surface area contributed by atoms with E-state index in [9.17, 15) is 9.59 Å². The summed E-state index contributed by atoms with van der Waals surface area (Å²) in [5.74, 6) is 5.52. The quantitative estimate of drug-likeness (QED) is 0.357. The highest BCUT2D eigenvalue weighted by Gasteiger charge is 2.46. The summed E-state index contributed by atoms with van der Waals surface area (Å²) in [6.07, 6.45) is 3.95. The van der Waals surface area contributed by atoms with Crippen molar-refractivity contribution in [1.82, 2.24) is 5.32 Å². The predicted octanol–water partition coefficient (Wildman–Crippen LogP) is 3.46. The Morgan fingerprint density at radius 3 is 2.80 bits per heavy atom. The number of nitrogens with one attached hydrogen (secondary N) is 1. The molecular formula is C20H23NO4. The third-order valence-electron chi connectivity index (χ3n) is 3.98. The Kier molecular flexibility index (Phi) is 6.64. The second kappa shape index (κ2) is 8.93. The zero-order valence-corrected chi connectivity index (χ0v) is 14.4. The van der Waals surface area contributed by atoms with E-state index in [0.29, 0.717) is 12.0 Å². The number of ether oxygens (including phenoxy) is 2. The number of esters is 1. The van der Waals surface area contributed by atoms with E-state index >= 15 is 0 Å². The van der Waals surface area contributed by atoms with Gasteiger partial charge in [-0.2, -0.15) is 0 Å². The Balaban J connectivity index is 2.18. The van der Waals surface area contributed by atoms with Gasteiger partial charge < -0.3 is 14.8 Å². The van der Waals surface area contributed by atoms with E-state index in [1.165, 1.54) is 6.08 Å². The normalized spacial score (nSPS) is 19.8. The number of benzene rings is 1. The van der Waals surface area contributed by atoms with Crippen molar-refractivity contribution in [2.75, 3.05) is 6.61 Å². The lowest BCUT2D eigenvalue weighted by atomic mass is 9.94. The van der Waals surface area contributed by atoms with E-state index in [1.54, 1.807) is 24.3 Å². The molecule has 1 fully saturated rings. The molecule has 5 heteroatoms. The Bertz CT molecular complexity index is 674. The van der Waals surface area contributed by atoms with Crippen LogP contribution in [-0.4, -0.2) is 30.3 Å². The molecule has 0 spiro atoms. The Morgan fingerprint density at radius 1 is 1.44 bits per heavy atom. The number of alkyl carbamates (subject to hydrolysis) is 1. The molecule has 1 saturated heterocycles. The van der Waals surface area contributed by atoms with Gasteiger partial charge in [0.1, 0.15) is 12.1 Å². The van der Waals surface area contributed by atoms with Crippen LogP contribution in [0.5, 0.6) is 0 Å². The fraction of sp³-hybridized carbons (Fsp3) is 0.400. The topological polar surface area (TPSA) is 64.6 Å². The third-order valence-corrected chi connectivity index (χ3v) is 3.98. The lowest BCUT2D eigenvalue weighted by Gasteiger charge is -2.28. The number of unbranched alkanes of at least 4 members (excludes halogenated alkanes) is 3. The van der Waals surface area contributed by atoms with Crippen molar-refractivity contribution in [3.05, 3.63) is 48.6 Å². The summed E-state index contributed by atoms with van der Waals surface area (Å²) in [5.41, 5.74) is -0.621. The highest BCUT2D eigenvalue weighted by Crippen LogP contribution is 2.22. The molecule has 1 heterocycles. The van der Waals surface area contributed by atoms with Crippen LogP contribution in [0.3, 0.4) is 0 Å². The minimum Gasteiger partial charge on any atom is -0.446 e. The van der Waals surface area contributed by atoms with Gasteiger partial charge in [0.2, 0.25) is 0 Å². The summed E-state index contributed by atoms with van der Waals surface area (Å²) in [5, 5.41) is 2.67. The average Bonchev–Trinajstić information content (AvgIpc) is 3.03. The maximum Gasteiger partial charge on any atom is 0.408 e. The number of amides is 1. The molecular weight excluding hydrogens is 318 g/mol. The predicted molar refractivity (Wildman–Crippen MR) is 95.0 cm³/mol. The molecule has 0 aliphatic carbocycles. The van der Waals surface area contributed by atoms with Crippen molar-refractivity contribution in [3.63, 3.8) is 0 Å². The van der Waals surface area contributed by atoms with E-state index in [4.69, 9.17) is 9.47 Å². The molecule has 0 bridgehead atoms. The number of carbonyl (C=O) groups excluding carboxylic acids is 2. The van der Waals surface area contributed by atoms with Crippen LogP contribution < -0.4 is 5.32 Å². The van der Waals surface area contributed by atoms with Crippen LogP contribution in [-0.2, 0) is 9.47 Å². The van der Waals surface area contributed by atoms with Gasteiger partial charge in [-0.15, -0.1) is 6.58 Å². The van der Waals surface area contributed by atoms with Gasteiger partial charge in [-0.3, -0.25) is 0 Å². The molecule has 0 unspecified atom stereocenters. The van der Waals surface area contributed by atoms with Crippen molar-refractivity contribution >= 4 is 12.1 Å². The van der Waals surface area contributed by atoms with E-state index in [-0.39, 0.29) is 6.61 Å². The molecule has 1 aromatic carbocycles. The molecule has 1 N–H and O–H groups in total. The van der Waals surface area contributed by atoms with Crippen LogP contribution in [0.4, 0.5) is 4.79 Å². The highest BCUT2D eigenvalue weighted by atomic mass is 16.6. The second-order valence-electron chi connectivity index (χ2n) is 5.88. The monoisotopic (exact) mass is 341 g/mol. The highest BCUT2D eigenvalue weighted by molar-refractivity contribution is 5.89. The fourth-order valence-electron chi connectivity index (χ4n) is 2.45. The van der Waals surface area contributed by atoms with E-state index in [1.807, 2.05) is 6.07 Å². The molecule has 1 aliphatic heterocycles.